The molecule has 1 saturated carbocycles. The smallest absolute Gasteiger partial charge is 0.128 e. The number of piperidine rings is 1. The molecule has 0 amide bonds. The van der Waals surface area contributed by atoms with E-state index >= 15 is 0 Å². The van der Waals surface area contributed by atoms with E-state index in [2.05, 4.69) is 51.0 Å². The van der Waals surface area contributed by atoms with Gasteiger partial charge >= 0.3 is 0 Å². The lowest BCUT2D eigenvalue weighted by molar-refractivity contribution is -0.0823. The number of likely N-dealkylation sites (N-methyl/N-ethyl adjacent to an activating group) is 1. The SMILES string of the molecule is CN1C[C@H](Cc2ccc(Cl)cc2)N(C2CCN(c3ccccn3)CC2)CC12CCC2. The zero-order valence-electron chi connectivity index (χ0n) is 18.0. The number of benzene rings is 1. The van der Waals surface area contributed by atoms with Crippen LogP contribution in [0.15, 0.2) is 48.7 Å². The minimum absolute atomic E-state index is 0.425. The van der Waals surface area contributed by atoms with E-state index in [0.717, 1.165) is 30.4 Å². The van der Waals surface area contributed by atoms with E-state index in [9.17, 15) is 0 Å². The topological polar surface area (TPSA) is 22.6 Å². The molecule has 1 aromatic carbocycles. The van der Waals surface area contributed by atoms with Gasteiger partial charge in [0.2, 0.25) is 0 Å². The maximum absolute atomic E-state index is 6.13. The Morgan fingerprint density at radius 1 is 1.07 bits per heavy atom. The second kappa shape index (κ2) is 8.49. The van der Waals surface area contributed by atoms with Gasteiger partial charge in [0.15, 0.2) is 0 Å². The Hall–Kier alpha value is -1.62. The van der Waals surface area contributed by atoms with Gasteiger partial charge in [0.25, 0.3) is 0 Å². The van der Waals surface area contributed by atoms with Crippen LogP contribution in [0.3, 0.4) is 0 Å². The lowest BCUT2D eigenvalue weighted by Gasteiger charge is -2.59. The van der Waals surface area contributed by atoms with Crippen molar-refractivity contribution < 1.29 is 0 Å². The maximum Gasteiger partial charge on any atom is 0.128 e. The number of anilines is 1. The Morgan fingerprint density at radius 2 is 1.83 bits per heavy atom. The second-order valence-corrected chi connectivity index (χ2v) is 9.96. The van der Waals surface area contributed by atoms with E-state index in [1.807, 2.05) is 24.4 Å². The van der Waals surface area contributed by atoms with Crippen LogP contribution in [0.25, 0.3) is 0 Å². The van der Waals surface area contributed by atoms with Gasteiger partial charge in [-0.25, -0.2) is 4.98 Å². The number of rotatable bonds is 4. The highest BCUT2D eigenvalue weighted by Crippen LogP contribution is 2.42. The van der Waals surface area contributed by atoms with Crippen molar-refractivity contribution in [3.05, 3.63) is 59.2 Å². The van der Waals surface area contributed by atoms with E-state index in [-0.39, 0.29) is 0 Å². The normalized spacial score (nSPS) is 25.4. The van der Waals surface area contributed by atoms with Gasteiger partial charge in [-0.05, 0) is 75.4 Å². The van der Waals surface area contributed by atoms with Crippen molar-refractivity contribution in [3.63, 3.8) is 0 Å². The van der Waals surface area contributed by atoms with Crippen molar-refractivity contribution in [1.29, 1.82) is 0 Å². The van der Waals surface area contributed by atoms with Crippen molar-refractivity contribution in [2.75, 3.05) is 38.1 Å². The van der Waals surface area contributed by atoms with E-state index in [4.69, 9.17) is 11.6 Å². The first-order chi connectivity index (χ1) is 14.6. The standard InChI is InChI=1S/C25H33ClN4/c1-28-18-23(17-20-6-8-21(26)9-7-20)30(19-25(28)12-4-13-25)22-10-15-29(16-11-22)24-5-2-3-14-27-24/h2-3,5-9,14,22-23H,4,10-13,15-19H2,1H3/t23-/m0/s1. The predicted octanol–water partition coefficient (Wildman–Crippen LogP) is 4.49. The molecule has 2 aromatic rings. The highest BCUT2D eigenvalue weighted by atomic mass is 35.5. The summed E-state index contributed by atoms with van der Waals surface area (Å²) in [6, 6.07) is 16.0. The zero-order valence-corrected chi connectivity index (χ0v) is 18.8. The number of halogens is 1. The number of hydrogen-bond acceptors (Lipinski definition) is 4. The molecule has 2 aliphatic heterocycles. The number of nitrogens with zero attached hydrogens (tertiary/aromatic N) is 4. The summed E-state index contributed by atoms with van der Waals surface area (Å²) in [5.41, 5.74) is 1.83. The fourth-order valence-electron chi connectivity index (χ4n) is 5.80. The average Bonchev–Trinajstić information content (AvgIpc) is 2.75. The highest BCUT2D eigenvalue weighted by molar-refractivity contribution is 6.30. The lowest BCUT2D eigenvalue weighted by Crippen LogP contribution is -2.69. The maximum atomic E-state index is 6.13. The molecule has 1 aliphatic carbocycles. The number of hydrogen-bond donors (Lipinski definition) is 0. The van der Waals surface area contributed by atoms with Crippen LogP contribution in [0.5, 0.6) is 0 Å². The van der Waals surface area contributed by atoms with E-state index in [1.54, 1.807) is 0 Å². The van der Waals surface area contributed by atoms with Crippen LogP contribution in [-0.2, 0) is 6.42 Å². The third-order valence-electron chi connectivity index (χ3n) is 7.82. The summed E-state index contributed by atoms with van der Waals surface area (Å²) in [7, 11) is 2.36. The van der Waals surface area contributed by atoms with Crippen LogP contribution < -0.4 is 4.90 Å². The van der Waals surface area contributed by atoms with Gasteiger partial charge < -0.3 is 4.90 Å². The third kappa shape index (κ3) is 3.98. The molecule has 5 rings (SSSR count). The van der Waals surface area contributed by atoms with Gasteiger partial charge in [-0.3, -0.25) is 9.80 Å². The zero-order chi connectivity index (χ0) is 20.6. The summed E-state index contributed by atoms with van der Waals surface area (Å²) in [6.45, 7) is 4.61. The molecular weight excluding hydrogens is 392 g/mol. The van der Waals surface area contributed by atoms with Gasteiger partial charge in [-0.15, -0.1) is 0 Å². The van der Waals surface area contributed by atoms with Crippen molar-refractivity contribution in [2.45, 2.75) is 56.1 Å². The second-order valence-electron chi connectivity index (χ2n) is 9.52. The predicted molar refractivity (Wildman–Crippen MR) is 124 cm³/mol. The quantitative estimate of drug-likeness (QED) is 0.721. The molecule has 30 heavy (non-hydrogen) atoms. The molecule has 0 bridgehead atoms. The number of aromatic nitrogens is 1. The van der Waals surface area contributed by atoms with Gasteiger partial charge in [0, 0.05) is 55.0 Å². The Bertz CT molecular complexity index is 828. The lowest BCUT2D eigenvalue weighted by atomic mass is 9.72. The molecule has 3 fully saturated rings. The van der Waals surface area contributed by atoms with E-state index in [1.165, 1.54) is 50.8 Å². The van der Waals surface area contributed by atoms with Crippen molar-refractivity contribution >= 4 is 17.4 Å². The van der Waals surface area contributed by atoms with Crippen LogP contribution in [0.1, 0.15) is 37.7 Å². The molecule has 160 valence electrons. The minimum atomic E-state index is 0.425. The minimum Gasteiger partial charge on any atom is -0.357 e. The van der Waals surface area contributed by atoms with Crippen molar-refractivity contribution in [3.8, 4) is 0 Å². The van der Waals surface area contributed by atoms with Gasteiger partial charge in [0.05, 0.1) is 0 Å². The summed E-state index contributed by atoms with van der Waals surface area (Å²) >= 11 is 6.13. The first-order valence-electron chi connectivity index (χ1n) is 11.5. The Labute approximate surface area is 185 Å². The Kier molecular flexibility index (Phi) is 5.74. The molecule has 5 heteroatoms. The van der Waals surface area contributed by atoms with Crippen LogP contribution in [-0.4, -0.2) is 65.6 Å². The Morgan fingerprint density at radius 3 is 2.47 bits per heavy atom. The molecular formula is C25H33ClN4. The van der Waals surface area contributed by atoms with E-state index in [0.29, 0.717) is 17.6 Å². The summed E-state index contributed by atoms with van der Waals surface area (Å²) in [5, 5.41) is 0.826. The summed E-state index contributed by atoms with van der Waals surface area (Å²) in [6.07, 6.45) is 9.59. The molecule has 1 aromatic heterocycles. The highest BCUT2D eigenvalue weighted by Gasteiger charge is 2.48. The van der Waals surface area contributed by atoms with Gasteiger partial charge in [0.1, 0.15) is 5.82 Å². The van der Waals surface area contributed by atoms with E-state index < -0.39 is 0 Å². The van der Waals surface area contributed by atoms with Crippen LogP contribution >= 0.6 is 11.6 Å². The summed E-state index contributed by atoms with van der Waals surface area (Å²) in [4.78, 5) is 12.6. The molecule has 0 unspecified atom stereocenters. The third-order valence-corrected chi connectivity index (χ3v) is 8.07. The first kappa shape index (κ1) is 20.3. The summed E-state index contributed by atoms with van der Waals surface area (Å²) in [5.74, 6) is 1.13. The number of piperazine rings is 1. The molecule has 1 atom stereocenters. The van der Waals surface area contributed by atoms with Crippen LogP contribution in [0.4, 0.5) is 5.82 Å². The summed E-state index contributed by atoms with van der Waals surface area (Å²) < 4.78 is 0. The number of pyridine rings is 1. The first-order valence-corrected chi connectivity index (χ1v) is 11.9. The largest absolute Gasteiger partial charge is 0.357 e. The fourth-order valence-corrected chi connectivity index (χ4v) is 5.92. The monoisotopic (exact) mass is 424 g/mol. The van der Waals surface area contributed by atoms with Crippen LogP contribution in [0.2, 0.25) is 5.02 Å². The van der Waals surface area contributed by atoms with Crippen molar-refractivity contribution in [2.24, 2.45) is 0 Å². The molecule has 3 aliphatic rings. The fraction of sp³-hybridized carbons (Fsp3) is 0.560. The molecule has 3 heterocycles. The Balaban J connectivity index is 1.31. The molecule has 0 N–H and O–H groups in total. The molecule has 4 nitrogen and oxygen atoms in total. The van der Waals surface area contributed by atoms with Gasteiger partial charge in [-0.2, -0.15) is 0 Å². The van der Waals surface area contributed by atoms with Gasteiger partial charge in [-0.1, -0.05) is 29.8 Å². The molecule has 0 radical (unpaired) electrons. The van der Waals surface area contributed by atoms with Crippen LogP contribution in [0, 0.1) is 0 Å². The molecule has 1 spiro atoms. The molecule has 2 saturated heterocycles. The van der Waals surface area contributed by atoms with Crippen molar-refractivity contribution in [1.82, 2.24) is 14.8 Å². The average molecular weight is 425 g/mol.